The summed E-state index contributed by atoms with van der Waals surface area (Å²) in [5.74, 6) is 1.97. The Kier molecular flexibility index (Phi) is 6.13. The first-order chi connectivity index (χ1) is 14.0. The molecule has 1 aromatic heterocycles. The molecule has 8 heteroatoms. The van der Waals surface area contributed by atoms with Crippen LogP contribution in [0.2, 0.25) is 0 Å². The van der Waals surface area contributed by atoms with Gasteiger partial charge >= 0.3 is 5.97 Å². The molecule has 2 N–H and O–H groups in total. The fourth-order valence-electron chi connectivity index (χ4n) is 2.66. The van der Waals surface area contributed by atoms with Gasteiger partial charge in [-0.1, -0.05) is 0 Å². The second kappa shape index (κ2) is 8.92. The first-order valence-corrected chi connectivity index (χ1v) is 8.82. The van der Waals surface area contributed by atoms with E-state index in [0.29, 0.717) is 28.8 Å². The van der Waals surface area contributed by atoms with E-state index in [4.69, 9.17) is 14.2 Å². The topological polar surface area (TPSA) is 94.6 Å². The predicted molar refractivity (Wildman–Crippen MR) is 111 cm³/mol. The van der Waals surface area contributed by atoms with E-state index < -0.39 is 0 Å². The molecule has 0 aliphatic carbocycles. The molecule has 2 aromatic carbocycles. The minimum absolute atomic E-state index is 0.386. The molecule has 150 valence electrons. The summed E-state index contributed by atoms with van der Waals surface area (Å²) in [6.45, 7) is 1.88. The smallest absolute Gasteiger partial charge is 0.337 e. The number of aromatic nitrogens is 2. The summed E-state index contributed by atoms with van der Waals surface area (Å²) in [6, 6.07) is 14.2. The standard InChI is InChI=1S/C21H22N4O4/c1-13-11-19(24-17-10-9-16(27-2)12-18(17)28-3)25-21(22-13)23-15-7-5-14(6-8-15)20(26)29-4/h5-12H,1-4H3,(H2,22,23,24,25). The molecule has 0 aliphatic rings. The Labute approximate surface area is 168 Å². The lowest BCUT2D eigenvalue weighted by Gasteiger charge is -2.13. The Morgan fingerprint density at radius 3 is 2.31 bits per heavy atom. The predicted octanol–water partition coefficient (Wildman–Crippen LogP) is 4.08. The number of ether oxygens (including phenoxy) is 3. The van der Waals surface area contributed by atoms with Gasteiger partial charge in [-0.25, -0.2) is 9.78 Å². The van der Waals surface area contributed by atoms with Gasteiger partial charge in [0.05, 0.1) is 32.6 Å². The lowest BCUT2D eigenvalue weighted by Crippen LogP contribution is -2.04. The van der Waals surface area contributed by atoms with Crippen LogP contribution in [0.3, 0.4) is 0 Å². The molecule has 29 heavy (non-hydrogen) atoms. The Morgan fingerprint density at radius 2 is 1.66 bits per heavy atom. The van der Waals surface area contributed by atoms with Crippen LogP contribution >= 0.6 is 0 Å². The van der Waals surface area contributed by atoms with E-state index in [1.807, 2.05) is 25.1 Å². The number of methoxy groups -OCH3 is 3. The number of esters is 1. The van der Waals surface area contributed by atoms with Crippen LogP contribution in [0.4, 0.5) is 23.1 Å². The van der Waals surface area contributed by atoms with Crippen molar-refractivity contribution < 1.29 is 19.0 Å². The van der Waals surface area contributed by atoms with Gasteiger partial charge in [0.25, 0.3) is 0 Å². The third-order valence-electron chi connectivity index (χ3n) is 4.09. The summed E-state index contributed by atoms with van der Waals surface area (Å²) in [5, 5.41) is 6.38. The summed E-state index contributed by atoms with van der Waals surface area (Å²) in [6.07, 6.45) is 0. The van der Waals surface area contributed by atoms with E-state index in [9.17, 15) is 4.79 Å². The van der Waals surface area contributed by atoms with E-state index in [1.165, 1.54) is 7.11 Å². The van der Waals surface area contributed by atoms with Crippen molar-refractivity contribution in [1.82, 2.24) is 9.97 Å². The van der Waals surface area contributed by atoms with E-state index in [1.54, 1.807) is 44.6 Å². The van der Waals surface area contributed by atoms with Crippen molar-refractivity contribution in [2.75, 3.05) is 32.0 Å². The van der Waals surface area contributed by atoms with Crippen molar-refractivity contribution >= 4 is 29.1 Å². The van der Waals surface area contributed by atoms with Crippen LogP contribution in [0.25, 0.3) is 0 Å². The molecule has 0 atom stereocenters. The van der Waals surface area contributed by atoms with Crippen LogP contribution in [0.5, 0.6) is 11.5 Å². The quantitative estimate of drug-likeness (QED) is 0.579. The highest BCUT2D eigenvalue weighted by molar-refractivity contribution is 5.89. The van der Waals surface area contributed by atoms with Crippen molar-refractivity contribution in [3.8, 4) is 11.5 Å². The van der Waals surface area contributed by atoms with E-state index in [-0.39, 0.29) is 5.97 Å². The maximum absolute atomic E-state index is 11.5. The van der Waals surface area contributed by atoms with E-state index >= 15 is 0 Å². The number of rotatable bonds is 7. The zero-order valence-corrected chi connectivity index (χ0v) is 16.6. The maximum atomic E-state index is 11.5. The Balaban J connectivity index is 1.80. The third kappa shape index (κ3) is 4.92. The maximum Gasteiger partial charge on any atom is 0.337 e. The van der Waals surface area contributed by atoms with Crippen LogP contribution in [0, 0.1) is 6.92 Å². The number of carbonyl (C=O) groups excluding carboxylic acids is 1. The molecular formula is C21H22N4O4. The van der Waals surface area contributed by atoms with Gasteiger partial charge in [0.2, 0.25) is 5.95 Å². The van der Waals surface area contributed by atoms with Gasteiger partial charge in [0.1, 0.15) is 17.3 Å². The average molecular weight is 394 g/mol. The number of nitrogens with one attached hydrogen (secondary N) is 2. The summed E-state index contributed by atoms with van der Waals surface area (Å²) in [5.41, 5.74) is 2.75. The number of hydrogen-bond donors (Lipinski definition) is 2. The van der Waals surface area contributed by atoms with E-state index in [0.717, 1.165) is 17.1 Å². The molecule has 0 radical (unpaired) electrons. The van der Waals surface area contributed by atoms with Gasteiger partial charge in [0, 0.05) is 23.5 Å². The lowest BCUT2D eigenvalue weighted by molar-refractivity contribution is 0.0601. The van der Waals surface area contributed by atoms with Gasteiger partial charge in [-0.2, -0.15) is 4.98 Å². The minimum Gasteiger partial charge on any atom is -0.497 e. The fourth-order valence-corrected chi connectivity index (χ4v) is 2.66. The van der Waals surface area contributed by atoms with Gasteiger partial charge in [-0.15, -0.1) is 0 Å². The molecule has 0 amide bonds. The monoisotopic (exact) mass is 394 g/mol. The number of hydrogen-bond acceptors (Lipinski definition) is 8. The second-order valence-corrected chi connectivity index (χ2v) is 6.10. The number of nitrogens with zero attached hydrogens (tertiary/aromatic N) is 2. The Morgan fingerprint density at radius 1 is 0.897 bits per heavy atom. The minimum atomic E-state index is -0.386. The highest BCUT2D eigenvalue weighted by Crippen LogP contribution is 2.31. The number of carbonyl (C=O) groups is 1. The Hall–Kier alpha value is -3.81. The van der Waals surface area contributed by atoms with Gasteiger partial charge in [-0.3, -0.25) is 0 Å². The van der Waals surface area contributed by atoms with Crippen molar-refractivity contribution in [2.24, 2.45) is 0 Å². The number of aryl methyl sites for hydroxylation is 1. The number of anilines is 4. The lowest BCUT2D eigenvalue weighted by atomic mass is 10.2. The molecular weight excluding hydrogens is 372 g/mol. The first kappa shape index (κ1) is 19.9. The van der Waals surface area contributed by atoms with Gasteiger partial charge in [-0.05, 0) is 43.3 Å². The van der Waals surface area contributed by atoms with Gasteiger partial charge < -0.3 is 24.8 Å². The molecule has 0 bridgehead atoms. The molecule has 0 fully saturated rings. The third-order valence-corrected chi connectivity index (χ3v) is 4.09. The number of benzene rings is 2. The van der Waals surface area contributed by atoms with Gasteiger partial charge in [0.15, 0.2) is 0 Å². The highest BCUT2D eigenvalue weighted by atomic mass is 16.5. The van der Waals surface area contributed by atoms with Crippen LogP contribution in [-0.4, -0.2) is 37.3 Å². The molecule has 3 rings (SSSR count). The summed E-state index contributed by atoms with van der Waals surface area (Å²) >= 11 is 0. The SMILES string of the molecule is COC(=O)c1ccc(Nc2nc(C)cc(Nc3ccc(OC)cc3OC)n2)cc1. The summed E-state index contributed by atoms with van der Waals surface area (Å²) < 4.78 is 15.3. The van der Waals surface area contributed by atoms with Crippen LogP contribution < -0.4 is 20.1 Å². The zero-order valence-electron chi connectivity index (χ0n) is 16.6. The zero-order chi connectivity index (χ0) is 20.8. The van der Waals surface area contributed by atoms with Crippen molar-refractivity contribution in [3.63, 3.8) is 0 Å². The van der Waals surface area contributed by atoms with Crippen molar-refractivity contribution in [2.45, 2.75) is 6.92 Å². The largest absolute Gasteiger partial charge is 0.497 e. The summed E-state index contributed by atoms with van der Waals surface area (Å²) in [4.78, 5) is 20.5. The first-order valence-electron chi connectivity index (χ1n) is 8.82. The average Bonchev–Trinajstić information content (AvgIpc) is 2.73. The second-order valence-electron chi connectivity index (χ2n) is 6.10. The molecule has 8 nitrogen and oxygen atoms in total. The van der Waals surface area contributed by atoms with Crippen molar-refractivity contribution in [1.29, 1.82) is 0 Å². The van der Waals surface area contributed by atoms with Crippen molar-refractivity contribution in [3.05, 3.63) is 59.8 Å². The summed E-state index contributed by atoms with van der Waals surface area (Å²) in [7, 11) is 4.54. The molecule has 0 aliphatic heterocycles. The molecule has 0 spiro atoms. The highest BCUT2D eigenvalue weighted by Gasteiger charge is 2.09. The fraction of sp³-hybridized carbons (Fsp3) is 0.190. The normalized spacial score (nSPS) is 10.2. The molecule has 0 saturated heterocycles. The molecule has 0 unspecified atom stereocenters. The van der Waals surface area contributed by atoms with Crippen LogP contribution in [0.15, 0.2) is 48.5 Å². The molecule has 1 heterocycles. The van der Waals surface area contributed by atoms with E-state index in [2.05, 4.69) is 20.6 Å². The Bertz CT molecular complexity index is 1010. The molecule has 3 aromatic rings. The van der Waals surface area contributed by atoms with Crippen LogP contribution in [-0.2, 0) is 4.74 Å². The molecule has 0 saturated carbocycles. The van der Waals surface area contributed by atoms with Crippen LogP contribution in [0.1, 0.15) is 16.1 Å².